The lowest BCUT2D eigenvalue weighted by Crippen LogP contribution is -2.35. The third-order valence-corrected chi connectivity index (χ3v) is 4.60. The summed E-state index contributed by atoms with van der Waals surface area (Å²) in [5.41, 5.74) is 3.57. The molecule has 1 saturated heterocycles. The first kappa shape index (κ1) is 16.5. The summed E-state index contributed by atoms with van der Waals surface area (Å²) in [6.07, 6.45) is 6.45. The molecule has 2 rings (SSSR count). The van der Waals surface area contributed by atoms with Gasteiger partial charge in [0.05, 0.1) is 0 Å². The molecule has 1 unspecified atom stereocenters. The van der Waals surface area contributed by atoms with Gasteiger partial charge in [-0.05, 0) is 54.2 Å². The largest absolute Gasteiger partial charge is 0.314 e. The summed E-state index contributed by atoms with van der Waals surface area (Å²) in [6.45, 7) is 12.9. The standard InChI is InChI=1S/C20H33N/c1-19(2,3)15-20(4,5)17-11-9-16(10-12-17)14-18-8-6-7-13-21-18/h9-12,18,21H,6-8,13-15H2,1-5H3. The van der Waals surface area contributed by atoms with Gasteiger partial charge in [0.15, 0.2) is 0 Å². The van der Waals surface area contributed by atoms with Crippen molar-refractivity contribution in [2.45, 2.75) is 78.2 Å². The van der Waals surface area contributed by atoms with Crippen molar-refractivity contribution in [3.8, 4) is 0 Å². The van der Waals surface area contributed by atoms with Crippen LogP contribution in [-0.4, -0.2) is 12.6 Å². The molecule has 0 aromatic heterocycles. The Morgan fingerprint density at radius 2 is 1.67 bits per heavy atom. The lowest BCUT2D eigenvalue weighted by molar-refractivity contribution is 0.284. The molecule has 0 aliphatic carbocycles. The normalized spacial score (nSPS) is 20.5. The molecule has 1 aliphatic heterocycles. The minimum Gasteiger partial charge on any atom is -0.314 e. The molecule has 1 N–H and O–H groups in total. The van der Waals surface area contributed by atoms with Gasteiger partial charge in [-0.25, -0.2) is 0 Å². The first-order valence-corrected chi connectivity index (χ1v) is 8.59. The van der Waals surface area contributed by atoms with Crippen LogP contribution in [0.5, 0.6) is 0 Å². The molecule has 0 saturated carbocycles. The zero-order chi connectivity index (χ0) is 15.5. The lowest BCUT2D eigenvalue weighted by Gasteiger charge is -2.33. The number of piperidine rings is 1. The van der Waals surface area contributed by atoms with Gasteiger partial charge in [0.1, 0.15) is 0 Å². The maximum atomic E-state index is 3.64. The number of benzene rings is 1. The molecule has 1 aromatic carbocycles. The predicted octanol–water partition coefficient (Wildman–Crippen LogP) is 5.09. The van der Waals surface area contributed by atoms with Crippen molar-refractivity contribution in [3.63, 3.8) is 0 Å². The topological polar surface area (TPSA) is 12.0 Å². The van der Waals surface area contributed by atoms with E-state index in [2.05, 4.69) is 64.2 Å². The average Bonchev–Trinajstić information content (AvgIpc) is 2.38. The van der Waals surface area contributed by atoms with Gasteiger partial charge in [-0.15, -0.1) is 0 Å². The SMILES string of the molecule is CC(C)(C)CC(C)(C)c1ccc(CC2CCCCN2)cc1. The highest BCUT2D eigenvalue weighted by Crippen LogP contribution is 2.36. The summed E-state index contributed by atoms with van der Waals surface area (Å²) in [7, 11) is 0. The summed E-state index contributed by atoms with van der Waals surface area (Å²) >= 11 is 0. The van der Waals surface area contributed by atoms with Crippen LogP contribution in [0.3, 0.4) is 0 Å². The Bertz CT molecular complexity index is 430. The van der Waals surface area contributed by atoms with Gasteiger partial charge >= 0.3 is 0 Å². The first-order chi connectivity index (χ1) is 9.76. The van der Waals surface area contributed by atoms with E-state index in [4.69, 9.17) is 0 Å². The summed E-state index contributed by atoms with van der Waals surface area (Å²) in [4.78, 5) is 0. The summed E-state index contributed by atoms with van der Waals surface area (Å²) in [5, 5.41) is 3.64. The molecule has 1 heterocycles. The quantitative estimate of drug-likeness (QED) is 0.814. The fourth-order valence-electron chi connectivity index (χ4n) is 3.90. The molecular weight excluding hydrogens is 254 g/mol. The van der Waals surface area contributed by atoms with Crippen molar-refractivity contribution in [2.24, 2.45) is 5.41 Å². The highest BCUT2D eigenvalue weighted by Gasteiger charge is 2.27. The van der Waals surface area contributed by atoms with Crippen LogP contribution in [-0.2, 0) is 11.8 Å². The van der Waals surface area contributed by atoms with Gasteiger partial charge < -0.3 is 5.32 Å². The van der Waals surface area contributed by atoms with Crippen LogP contribution in [0, 0.1) is 5.41 Å². The van der Waals surface area contributed by atoms with E-state index in [9.17, 15) is 0 Å². The second kappa shape index (κ2) is 6.52. The Morgan fingerprint density at radius 1 is 1.00 bits per heavy atom. The molecule has 0 radical (unpaired) electrons. The van der Waals surface area contributed by atoms with E-state index in [0.29, 0.717) is 11.5 Å². The minimum atomic E-state index is 0.250. The van der Waals surface area contributed by atoms with Crippen molar-refractivity contribution in [1.82, 2.24) is 5.32 Å². The minimum absolute atomic E-state index is 0.250. The Kier molecular flexibility index (Phi) is 5.14. The van der Waals surface area contributed by atoms with Crippen molar-refractivity contribution in [2.75, 3.05) is 6.54 Å². The van der Waals surface area contributed by atoms with E-state index in [0.717, 1.165) is 0 Å². The monoisotopic (exact) mass is 287 g/mol. The first-order valence-electron chi connectivity index (χ1n) is 8.59. The van der Waals surface area contributed by atoms with Crippen LogP contribution in [0.15, 0.2) is 24.3 Å². The molecule has 0 spiro atoms. The molecular formula is C20H33N. The summed E-state index contributed by atoms with van der Waals surface area (Å²) in [6, 6.07) is 10.1. The van der Waals surface area contributed by atoms with Crippen LogP contribution in [0.25, 0.3) is 0 Å². The highest BCUT2D eigenvalue weighted by atomic mass is 14.9. The van der Waals surface area contributed by atoms with Gasteiger partial charge in [-0.1, -0.05) is 65.3 Å². The molecule has 1 nitrogen and oxygen atoms in total. The number of nitrogens with one attached hydrogen (secondary N) is 1. The molecule has 0 amide bonds. The third kappa shape index (κ3) is 5.14. The van der Waals surface area contributed by atoms with Crippen LogP contribution >= 0.6 is 0 Å². The van der Waals surface area contributed by atoms with E-state index in [1.54, 1.807) is 0 Å². The summed E-state index contributed by atoms with van der Waals surface area (Å²) in [5.74, 6) is 0. The fourth-order valence-corrected chi connectivity index (χ4v) is 3.90. The van der Waals surface area contributed by atoms with E-state index >= 15 is 0 Å². The van der Waals surface area contributed by atoms with E-state index < -0.39 is 0 Å². The number of hydrogen-bond donors (Lipinski definition) is 1. The Morgan fingerprint density at radius 3 is 2.19 bits per heavy atom. The van der Waals surface area contributed by atoms with Gasteiger partial charge in [-0.2, -0.15) is 0 Å². The molecule has 118 valence electrons. The Hall–Kier alpha value is -0.820. The lowest BCUT2D eigenvalue weighted by atomic mass is 9.72. The van der Waals surface area contributed by atoms with Gasteiger partial charge in [0.2, 0.25) is 0 Å². The van der Waals surface area contributed by atoms with Gasteiger partial charge in [-0.3, -0.25) is 0 Å². The van der Waals surface area contributed by atoms with Crippen molar-refractivity contribution < 1.29 is 0 Å². The van der Waals surface area contributed by atoms with Gasteiger partial charge in [0, 0.05) is 6.04 Å². The molecule has 0 bridgehead atoms. The molecule has 1 fully saturated rings. The average molecular weight is 287 g/mol. The van der Waals surface area contributed by atoms with Gasteiger partial charge in [0.25, 0.3) is 0 Å². The smallest absolute Gasteiger partial charge is 0.0107 e. The molecule has 21 heavy (non-hydrogen) atoms. The highest BCUT2D eigenvalue weighted by molar-refractivity contribution is 5.29. The van der Waals surface area contributed by atoms with E-state index in [-0.39, 0.29) is 5.41 Å². The number of rotatable bonds is 4. The van der Waals surface area contributed by atoms with Crippen LogP contribution in [0.1, 0.15) is 71.4 Å². The van der Waals surface area contributed by atoms with Crippen LogP contribution < -0.4 is 5.32 Å². The van der Waals surface area contributed by atoms with Crippen molar-refractivity contribution >= 4 is 0 Å². The molecule has 1 heteroatoms. The third-order valence-electron chi connectivity index (χ3n) is 4.60. The Balaban J connectivity index is 2.00. The predicted molar refractivity (Wildman–Crippen MR) is 92.9 cm³/mol. The fraction of sp³-hybridized carbons (Fsp3) is 0.700. The van der Waals surface area contributed by atoms with Crippen LogP contribution in [0.4, 0.5) is 0 Å². The maximum absolute atomic E-state index is 3.64. The van der Waals surface area contributed by atoms with Crippen molar-refractivity contribution in [3.05, 3.63) is 35.4 Å². The zero-order valence-corrected chi connectivity index (χ0v) is 14.6. The second-order valence-corrected chi connectivity index (χ2v) is 8.67. The van der Waals surface area contributed by atoms with E-state index in [1.165, 1.54) is 49.8 Å². The number of hydrogen-bond acceptors (Lipinski definition) is 1. The second-order valence-electron chi connectivity index (χ2n) is 8.67. The molecule has 1 atom stereocenters. The van der Waals surface area contributed by atoms with Crippen molar-refractivity contribution in [1.29, 1.82) is 0 Å². The summed E-state index contributed by atoms with van der Waals surface area (Å²) < 4.78 is 0. The molecule has 1 aliphatic rings. The van der Waals surface area contributed by atoms with E-state index in [1.807, 2.05) is 0 Å². The maximum Gasteiger partial charge on any atom is 0.0107 e. The Labute approximate surface area is 131 Å². The van der Waals surface area contributed by atoms with Crippen LogP contribution in [0.2, 0.25) is 0 Å². The molecule has 1 aromatic rings. The zero-order valence-electron chi connectivity index (χ0n) is 14.6.